The summed E-state index contributed by atoms with van der Waals surface area (Å²) in [7, 11) is -1.30. The molecule has 4 rings (SSSR count). The van der Waals surface area contributed by atoms with Crippen molar-refractivity contribution in [3.63, 3.8) is 0 Å². The van der Waals surface area contributed by atoms with E-state index in [0.29, 0.717) is 24.3 Å². The van der Waals surface area contributed by atoms with Gasteiger partial charge in [0, 0.05) is 33.2 Å². The van der Waals surface area contributed by atoms with Crippen LogP contribution in [0.2, 0.25) is 25.7 Å². The topological polar surface area (TPSA) is 114 Å². The Morgan fingerprint density at radius 1 is 1.12 bits per heavy atom. The maximum Gasteiger partial charge on any atom is 0.408 e. The highest BCUT2D eigenvalue weighted by atomic mass is 28.3. The Labute approximate surface area is 250 Å². The van der Waals surface area contributed by atoms with Crippen molar-refractivity contribution in [2.24, 2.45) is 5.41 Å². The van der Waals surface area contributed by atoms with Gasteiger partial charge in [-0.3, -0.25) is 19.3 Å². The first-order chi connectivity index (χ1) is 19.4. The van der Waals surface area contributed by atoms with Crippen LogP contribution in [0, 0.1) is 5.41 Å². The summed E-state index contributed by atoms with van der Waals surface area (Å²) < 4.78 is 17.6. The number of alkyl carbamates (subject to hydrolysis) is 1. The summed E-state index contributed by atoms with van der Waals surface area (Å²) in [5.74, 6) is -0.278. The number of carbonyl (C=O) groups is 4. The quantitative estimate of drug-likeness (QED) is 0.242. The minimum absolute atomic E-state index is 0.0309. The van der Waals surface area contributed by atoms with Gasteiger partial charge in [-0.15, -0.1) is 0 Å². The molecule has 1 unspecified atom stereocenters. The van der Waals surface area contributed by atoms with Crippen LogP contribution in [0.1, 0.15) is 76.2 Å². The van der Waals surface area contributed by atoms with Crippen molar-refractivity contribution in [1.29, 1.82) is 0 Å². The van der Waals surface area contributed by atoms with Crippen molar-refractivity contribution >= 4 is 31.9 Å². The van der Waals surface area contributed by atoms with Crippen molar-refractivity contribution in [3.8, 4) is 5.75 Å². The third kappa shape index (κ3) is 7.92. The zero-order valence-electron chi connectivity index (χ0n) is 26.4. The van der Waals surface area contributed by atoms with E-state index in [9.17, 15) is 19.2 Å². The van der Waals surface area contributed by atoms with Crippen LogP contribution in [0.4, 0.5) is 4.79 Å². The highest BCUT2D eigenvalue weighted by molar-refractivity contribution is 6.76. The van der Waals surface area contributed by atoms with Crippen molar-refractivity contribution < 1.29 is 33.4 Å². The van der Waals surface area contributed by atoms with Gasteiger partial charge >= 0.3 is 6.09 Å². The van der Waals surface area contributed by atoms with Crippen molar-refractivity contribution in [1.82, 2.24) is 15.1 Å². The van der Waals surface area contributed by atoms with Crippen molar-refractivity contribution in [2.75, 3.05) is 13.3 Å². The Morgan fingerprint density at radius 2 is 1.83 bits per heavy atom. The summed E-state index contributed by atoms with van der Waals surface area (Å²) in [5, 5.41) is 2.98. The Balaban J connectivity index is 1.41. The van der Waals surface area contributed by atoms with Crippen LogP contribution >= 0.6 is 0 Å². The van der Waals surface area contributed by atoms with Crippen LogP contribution in [0.3, 0.4) is 0 Å². The number of rotatable bonds is 9. The lowest BCUT2D eigenvalue weighted by atomic mass is 9.91. The van der Waals surface area contributed by atoms with E-state index >= 15 is 0 Å². The van der Waals surface area contributed by atoms with Gasteiger partial charge in [0.1, 0.15) is 30.2 Å². The van der Waals surface area contributed by atoms with Gasteiger partial charge in [0.05, 0.1) is 6.04 Å². The van der Waals surface area contributed by atoms with E-state index in [4.69, 9.17) is 14.2 Å². The van der Waals surface area contributed by atoms with Gasteiger partial charge in [-0.25, -0.2) is 4.79 Å². The molecule has 10 nitrogen and oxygen atoms in total. The number of amides is 4. The van der Waals surface area contributed by atoms with Crippen LogP contribution in [0.5, 0.6) is 5.75 Å². The number of fused-ring (bicyclic) bond motifs is 1. The molecule has 0 aromatic heterocycles. The molecule has 1 saturated carbocycles. The van der Waals surface area contributed by atoms with Crippen LogP contribution in [0.15, 0.2) is 18.2 Å². The zero-order chi connectivity index (χ0) is 31.0. The molecule has 0 radical (unpaired) electrons. The van der Waals surface area contributed by atoms with Gasteiger partial charge < -0.3 is 24.4 Å². The van der Waals surface area contributed by atoms with E-state index in [-0.39, 0.29) is 55.0 Å². The Morgan fingerprint density at radius 3 is 2.50 bits per heavy atom. The monoisotopic (exact) mass is 601 g/mol. The van der Waals surface area contributed by atoms with Crippen LogP contribution in [0.25, 0.3) is 0 Å². The number of nitrogens with zero attached hydrogens (tertiary/aromatic N) is 2. The molecule has 0 spiro atoms. The summed E-state index contributed by atoms with van der Waals surface area (Å²) in [6.45, 7) is 17.2. The molecule has 1 aliphatic carbocycles. The van der Waals surface area contributed by atoms with Gasteiger partial charge in [0.15, 0.2) is 0 Å². The summed E-state index contributed by atoms with van der Waals surface area (Å²) in [6, 6.07) is 5.34. The number of piperidine rings is 1. The average molecular weight is 602 g/mol. The second-order valence-electron chi connectivity index (χ2n) is 14.8. The molecule has 1 aromatic carbocycles. The van der Waals surface area contributed by atoms with E-state index in [1.165, 1.54) is 0 Å². The number of benzene rings is 1. The third-order valence-electron chi connectivity index (χ3n) is 7.95. The molecule has 2 heterocycles. The lowest BCUT2D eigenvalue weighted by Gasteiger charge is -2.35. The highest BCUT2D eigenvalue weighted by Crippen LogP contribution is 2.40. The number of ether oxygens (including phenoxy) is 3. The number of hydrogen-bond donors (Lipinski definition) is 1. The van der Waals surface area contributed by atoms with E-state index in [1.807, 2.05) is 26.8 Å². The second kappa shape index (κ2) is 12.0. The molecule has 2 fully saturated rings. The number of carbonyl (C=O) groups excluding carboxylic acids is 4. The van der Waals surface area contributed by atoms with Crippen LogP contribution < -0.4 is 10.1 Å². The van der Waals surface area contributed by atoms with Crippen LogP contribution in [-0.2, 0) is 25.6 Å². The molecule has 3 aliphatic rings. The Bertz CT molecular complexity index is 1220. The molecule has 1 N–H and O–H groups in total. The summed E-state index contributed by atoms with van der Waals surface area (Å²) in [5.41, 5.74) is 0.670. The second-order valence-corrected chi connectivity index (χ2v) is 20.4. The fraction of sp³-hybridized carbons (Fsp3) is 0.677. The Kier molecular flexibility index (Phi) is 9.13. The fourth-order valence-electron chi connectivity index (χ4n) is 5.82. The SMILES string of the molecule is CC1(C)C[C@@H](NC(=O)OC(C)(C)C)[C@H](Oc2ccc3c(c2)CN(C2CCC(=O)N(COCC[Si](C)(C)C)C2=O)C3=O)C1. The van der Waals surface area contributed by atoms with E-state index < -0.39 is 25.8 Å². The van der Waals surface area contributed by atoms with Crippen molar-refractivity contribution in [3.05, 3.63) is 29.3 Å². The molecule has 232 valence electrons. The molecule has 11 heteroatoms. The number of nitrogens with one attached hydrogen (secondary N) is 1. The number of hydrogen-bond acceptors (Lipinski definition) is 7. The first-order valence-electron chi connectivity index (χ1n) is 14.9. The van der Waals surface area contributed by atoms with E-state index in [2.05, 4.69) is 38.8 Å². The molecule has 3 atom stereocenters. The predicted octanol–water partition coefficient (Wildman–Crippen LogP) is 4.93. The van der Waals surface area contributed by atoms with Gasteiger partial charge in [0.2, 0.25) is 5.91 Å². The fourth-order valence-corrected chi connectivity index (χ4v) is 6.58. The first-order valence-corrected chi connectivity index (χ1v) is 18.7. The molecule has 2 aliphatic heterocycles. The predicted molar refractivity (Wildman–Crippen MR) is 161 cm³/mol. The number of likely N-dealkylation sites (tertiary alicyclic amines) is 1. The van der Waals surface area contributed by atoms with Gasteiger partial charge in [-0.2, -0.15) is 0 Å². The molecule has 1 saturated heterocycles. The molecule has 42 heavy (non-hydrogen) atoms. The first kappa shape index (κ1) is 32.0. The smallest absolute Gasteiger partial charge is 0.408 e. The molecule has 1 aromatic rings. The lowest BCUT2D eigenvalue weighted by Crippen LogP contribution is -2.55. The standard InChI is InChI=1S/C31H47N3O7Si/c1-30(2,3)41-29(38)32-23-16-31(4,5)17-25(23)40-21-9-10-22-20(15-21)18-33(27(22)36)24-11-12-26(35)34(28(24)37)19-39-13-14-42(6,7)8/h9-10,15,23-25H,11-14,16-19H2,1-8H3,(H,32,38)/t23-,24?,25-/m1/s1. The summed E-state index contributed by atoms with van der Waals surface area (Å²) >= 11 is 0. The van der Waals surface area contributed by atoms with Gasteiger partial charge in [-0.1, -0.05) is 33.5 Å². The average Bonchev–Trinajstić information content (AvgIpc) is 3.30. The van der Waals surface area contributed by atoms with Crippen molar-refractivity contribution in [2.45, 2.75) is 116 Å². The number of imide groups is 1. The van der Waals surface area contributed by atoms with Gasteiger partial charge in [0.25, 0.3) is 11.8 Å². The van der Waals surface area contributed by atoms with Gasteiger partial charge in [-0.05, 0) is 75.3 Å². The Hall–Kier alpha value is -2.92. The lowest BCUT2D eigenvalue weighted by molar-refractivity contribution is -0.158. The summed E-state index contributed by atoms with van der Waals surface area (Å²) in [6.07, 6.45) is 1.23. The minimum Gasteiger partial charge on any atom is -0.488 e. The zero-order valence-corrected chi connectivity index (χ0v) is 27.4. The maximum atomic E-state index is 13.4. The summed E-state index contributed by atoms with van der Waals surface area (Å²) in [4.78, 5) is 54.5. The highest BCUT2D eigenvalue weighted by Gasteiger charge is 2.44. The van der Waals surface area contributed by atoms with E-state index in [1.54, 1.807) is 17.0 Å². The molecular weight excluding hydrogens is 554 g/mol. The molecular formula is C31H47N3O7Si. The van der Waals surface area contributed by atoms with E-state index in [0.717, 1.165) is 29.3 Å². The third-order valence-corrected chi connectivity index (χ3v) is 9.65. The normalized spacial score (nSPS) is 24.2. The molecule has 4 amide bonds. The molecule has 0 bridgehead atoms. The maximum absolute atomic E-state index is 13.4. The minimum atomic E-state index is -1.30. The van der Waals surface area contributed by atoms with Crippen LogP contribution in [-0.4, -0.2) is 78.8 Å². The largest absolute Gasteiger partial charge is 0.488 e.